The van der Waals surface area contributed by atoms with Gasteiger partial charge in [0.1, 0.15) is 11.6 Å². The maximum Gasteiger partial charge on any atom is 0.131 e. The van der Waals surface area contributed by atoms with Crippen LogP contribution in [-0.2, 0) is 0 Å². The number of aromatic nitrogens is 1. The number of hydrogen-bond donors (Lipinski definition) is 1. The van der Waals surface area contributed by atoms with Crippen molar-refractivity contribution in [2.45, 2.75) is 26.8 Å². The molecule has 78 valence electrons. The summed E-state index contributed by atoms with van der Waals surface area (Å²) in [6.07, 6.45) is 0. The number of rotatable bonds is 4. The fraction of sp³-hybridized carbons (Fsp3) is 0.545. The maximum atomic E-state index is 4.50. The normalized spacial score (nSPS) is 10.4. The summed E-state index contributed by atoms with van der Waals surface area (Å²) >= 11 is 0. The molecule has 1 N–H and O–H groups in total. The Morgan fingerprint density at radius 1 is 1.43 bits per heavy atom. The van der Waals surface area contributed by atoms with Crippen molar-refractivity contribution in [2.75, 3.05) is 23.8 Å². The lowest BCUT2D eigenvalue weighted by atomic mass is 10.3. The van der Waals surface area contributed by atoms with Gasteiger partial charge in [-0.2, -0.15) is 0 Å². The smallest absolute Gasteiger partial charge is 0.131 e. The molecular formula is C11H19N3. The topological polar surface area (TPSA) is 28.2 Å². The van der Waals surface area contributed by atoms with Crippen LogP contribution < -0.4 is 10.2 Å². The summed E-state index contributed by atoms with van der Waals surface area (Å²) in [5.41, 5.74) is 0. The standard InChI is InChI=1S/C11H19N3/c1-5-14(9(2)3)11-8-6-7-10(12-4)13-11/h6-9H,5H2,1-4H3,(H,12,13). The van der Waals surface area contributed by atoms with Crippen molar-refractivity contribution in [1.82, 2.24) is 4.98 Å². The van der Waals surface area contributed by atoms with Gasteiger partial charge in [0.2, 0.25) is 0 Å². The van der Waals surface area contributed by atoms with Crippen LogP contribution in [0.1, 0.15) is 20.8 Å². The van der Waals surface area contributed by atoms with Crippen LogP contribution in [0.2, 0.25) is 0 Å². The molecule has 0 saturated heterocycles. The predicted octanol–water partition coefficient (Wildman–Crippen LogP) is 2.36. The van der Waals surface area contributed by atoms with Gasteiger partial charge in [-0.25, -0.2) is 4.98 Å². The van der Waals surface area contributed by atoms with Gasteiger partial charge in [-0.05, 0) is 32.9 Å². The van der Waals surface area contributed by atoms with E-state index < -0.39 is 0 Å². The van der Waals surface area contributed by atoms with Gasteiger partial charge in [0, 0.05) is 19.6 Å². The molecule has 0 amide bonds. The third kappa shape index (κ3) is 2.37. The molecule has 3 heteroatoms. The van der Waals surface area contributed by atoms with Crippen LogP contribution in [0.4, 0.5) is 11.6 Å². The summed E-state index contributed by atoms with van der Waals surface area (Å²) in [7, 11) is 1.89. The largest absolute Gasteiger partial charge is 0.373 e. The van der Waals surface area contributed by atoms with E-state index in [9.17, 15) is 0 Å². The second kappa shape index (κ2) is 4.84. The van der Waals surface area contributed by atoms with Gasteiger partial charge in [-0.3, -0.25) is 0 Å². The van der Waals surface area contributed by atoms with Crippen LogP contribution in [0, 0.1) is 0 Å². The Morgan fingerprint density at radius 3 is 2.64 bits per heavy atom. The summed E-state index contributed by atoms with van der Waals surface area (Å²) < 4.78 is 0. The Morgan fingerprint density at radius 2 is 2.14 bits per heavy atom. The summed E-state index contributed by atoms with van der Waals surface area (Å²) in [5.74, 6) is 1.95. The van der Waals surface area contributed by atoms with Crippen molar-refractivity contribution >= 4 is 11.6 Å². The minimum atomic E-state index is 0.486. The lowest BCUT2D eigenvalue weighted by molar-refractivity contribution is 0.694. The SMILES string of the molecule is CCN(c1cccc(NC)n1)C(C)C. The third-order valence-electron chi connectivity index (χ3n) is 2.25. The van der Waals surface area contributed by atoms with E-state index in [-0.39, 0.29) is 0 Å². The molecule has 1 heterocycles. The highest BCUT2D eigenvalue weighted by atomic mass is 15.2. The van der Waals surface area contributed by atoms with E-state index >= 15 is 0 Å². The van der Waals surface area contributed by atoms with E-state index in [2.05, 4.69) is 36.0 Å². The molecule has 0 unspecified atom stereocenters. The first-order valence-corrected chi connectivity index (χ1v) is 5.10. The van der Waals surface area contributed by atoms with E-state index in [4.69, 9.17) is 0 Å². The zero-order valence-electron chi connectivity index (χ0n) is 9.41. The lowest BCUT2D eigenvalue weighted by Crippen LogP contribution is -2.31. The number of nitrogens with zero attached hydrogens (tertiary/aromatic N) is 2. The molecule has 0 aliphatic carbocycles. The molecule has 0 saturated carbocycles. The Hall–Kier alpha value is -1.25. The maximum absolute atomic E-state index is 4.50. The second-order valence-electron chi connectivity index (χ2n) is 3.51. The van der Waals surface area contributed by atoms with Gasteiger partial charge < -0.3 is 10.2 Å². The average Bonchev–Trinajstić information content (AvgIpc) is 2.19. The van der Waals surface area contributed by atoms with Crippen LogP contribution in [0.15, 0.2) is 18.2 Å². The summed E-state index contributed by atoms with van der Waals surface area (Å²) in [5, 5.41) is 3.05. The van der Waals surface area contributed by atoms with E-state index in [1.807, 2.05) is 25.2 Å². The first-order valence-electron chi connectivity index (χ1n) is 5.10. The molecule has 0 fully saturated rings. The van der Waals surface area contributed by atoms with Crippen molar-refractivity contribution in [3.63, 3.8) is 0 Å². The van der Waals surface area contributed by atoms with E-state index in [1.54, 1.807) is 0 Å². The molecule has 0 radical (unpaired) electrons. The van der Waals surface area contributed by atoms with Crippen molar-refractivity contribution in [3.8, 4) is 0 Å². The fourth-order valence-corrected chi connectivity index (χ4v) is 1.51. The number of nitrogens with one attached hydrogen (secondary N) is 1. The van der Waals surface area contributed by atoms with Crippen molar-refractivity contribution in [3.05, 3.63) is 18.2 Å². The van der Waals surface area contributed by atoms with Gasteiger partial charge in [-0.15, -0.1) is 0 Å². The molecule has 1 rings (SSSR count). The van der Waals surface area contributed by atoms with Gasteiger partial charge in [0.05, 0.1) is 0 Å². The average molecular weight is 193 g/mol. The lowest BCUT2D eigenvalue weighted by Gasteiger charge is -2.26. The number of hydrogen-bond acceptors (Lipinski definition) is 3. The second-order valence-corrected chi connectivity index (χ2v) is 3.51. The minimum absolute atomic E-state index is 0.486. The Bertz CT molecular complexity index is 284. The van der Waals surface area contributed by atoms with E-state index in [1.165, 1.54) is 0 Å². The molecule has 0 aromatic carbocycles. The zero-order chi connectivity index (χ0) is 10.6. The highest BCUT2D eigenvalue weighted by molar-refractivity contribution is 5.47. The first-order chi connectivity index (χ1) is 6.69. The van der Waals surface area contributed by atoms with Crippen molar-refractivity contribution in [2.24, 2.45) is 0 Å². The van der Waals surface area contributed by atoms with Crippen LogP contribution in [-0.4, -0.2) is 24.6 Å². The van der Waals surface area contributed by atoms with Crippen molar-refractivity contribution in [1.29, 1.82) is 0 Å². The van der Waals surface area contributed by atoms with Crippen LogP contribution in [0.5, 0.6) is 0 Å². The van der Waals surface area contributed by atoms with Gasteiger partial charge in [-0.1, -0.05) is 6.07 Å². The third-order valence-corrected chi connectivity index (χ3v) is 2.25. The molecule has 0 aliphatic rings. The van der Waals surface area contributed by atoms with Crippen molar-refractivity contribution < 1.29 is 0 Å². The minimum Gasteiger partial charge on any atom is -0.373 e. The summed E-state index contributed by atoms with van der Waals surface area (Å²) in [6.45, 7) is 7.49. The quantitative estimate of drug-likeness (QED) is 0.795. The molecule has 1 aromatic rings. The molecule has 1 aromatic heterocycles. The molecular weight excluding hydrogens is 174 g/mol. The van der Waals surface area contributed by atoms with Crippen LogP contribution in [0.3, 0.4) is 0 Å². The van der Waals surface area contributed by atoms with Crippen LogP contribution >= 0.6 is 0 Å². The van der Waals surface area contributed by atoms with E-state index in [0.717, 1.165) is 18.2 Å². The zero-order valence-corrected chi connectivity index (χ0v) is 9.41. The molecule has 0 spiro atoms. The summed E-state index contributed by atoms with van der Waals surface area (Å²) in [4.78, 5) is 6.76. The van der Waals surface area contributed by atoms with Crippen LogP contribution in [0.25, 0.3) is 0 Å². The Labute approximate surface area is 86.2 Å². The number of pyridine rings is 1. The molecule has 3 nitrogen and oxygen atoms in total. The van der Waals surface area contributed by atoms with Gasteiger partial charge >= 0.3 is 0 Å². The number of anilines is 2. The Balaban J connectivity index is 2.92. The van der Waals surface area contributed by atoms with E-state index in [0.29, 0.717) is 6.04 Å². The fourth-order valence-electron chi connectivity index (χ4n) is 1.51. The highest BCUT2D eigenvalue weighted by Crippen LogP contribution is 2.15. The predicted molar refractivity (Wildman–Crippen MR) is 61.9 cm³/mol. The molecule has 0 aliphatic heterocycles. The summed E-state index contributed by atoms with van der Waals surface area (Å²) in [6, 6.07) is 6.53. The van der Waals surface area contributed by atoms with Gasteiger partial charge in [0.15, 0.2) is 0 Å². The van der Waals surface area contributed by atoms with Gasteiger partial charge in [0.25, 0.3) is 0 Å². The molecule has 0 bridgehead atoms. The highest BCUT2D eigenvalue weighted by Gasteiger charge is 2.09. The first kappa shape index (κ1) is 10.8. The monoisotopic (exact) mass is 193 g/mol. The molecule has 0 atom stereocenters. The Kier molecular flexibility index (Phi) is 3.74. The molecule has 14 heavy (non-hydrogen) atoms.